The van der Waals surface area contributed by atoms with E-state index in [9.17, 15) is 4.21 Å². The molecule has 3 N–H and O–H groups in total. The van der Waals surface area contributed by atoms with Gasteiger partial charge in [0.05, 0.1) is 5.75 Å². The number of nitrogens with two attached hydrogens (primary N) is 1. The SMILES string of the molecule is NCC(CS(=O)O)c1ccc(Cl)cc1. The minimum Gasteiger partial charge on any atom is -0.330 e. The van der Waals surface area contributed by atoms with Crippen molar-refractivity contribution in [3.63, 3.8) is 0 Å². The number of benzene rings is 1. The molecule has 0 amide bonds. The zero-order valence-corrected chi connectivity index (χ0v) is 9.09. The second-order valence-corrected chi connectivity index (χ2v) is 4.39. The van der Waals surface area contributed by atoms with Crippen molar-refractivity contribution >= 4 is 22.7 Å². The third kappa shape index (κ3) is 3.38. The summed E-state index contributed by atoms with van der Waals surface area (Å²) in [5.74, 6) is 0.0797. The molecule has 0 aliphatic carbocycles. The number of hydrogen-bond donors (Lipinski definition) is 2. The third-order valence-electron chi connectivity index (χ3n) is 1.97. The van der Waals surface area contributed by atoms with E-state index in [1.54, 1.807) is 12.1 Å². The maximum Gasteiger partial charge on any atom is 0.153 e. The summed E-state index contributed by atoms with van der Waals surface area (Å²) in [5, 5.41) is 0.648. The Morgan fingerprint density at radius 2 is 2.00 bits per heavy atom. The Bertz CT molecular complexity index is 315. The number of halogens is 1. The van der Waals surface area contributed by atoms with Crippen LogP contribution in [0.15, 0.2) is 24.3 Å². The van der Waals surface area contributed by atoms with Crippen LogP contribution in [0.1, 0.15) is 11.5 Å². The van der Waals surface area contributed by atoms with Gasteiger partial charge in [0.15, 0.2) is 11.1 Å². The Labute approximate surface area is 90.5 Å². The molecule has 1 aromatic rings. The van der Waals surface area contributed by atoms with Crippen LogP contribution in [0.4, 0.5) is 0 Å². The van der Waals surface area contributed by atoms with Gasteiger partial charge in [0.2, 0.25) is 0 Å². The van der Waals surface area contributed by atoms with Crippen LogP contribution in [0.25, 0.3) is 0 Å². The summed E-state index contributed by atoms with van der Waals surface area (Å²) < 4.78 is 19.4. The van der Waals surface area contributed by atoms with Crippen LogP contribution in [0.3, 0.4) is 0 Å². The van der Waals surface area contributed by atoms with E-state index in [2.05, 4.69) is 0 Å². The molecule has 1 rings (SSSR count). The molecular weight excluding hydrogens is 222 g/mol. The summed E-state index contributed by atoms with van der Waals surface area (Å²) in [6.45, 7) is 0.355. The maximum absolute atomic E-state index is 10.6. The summed E-state index contributed by atoms with van der Waals surface area (Å²) in [6, 6.07) is 7.15. The van der Waals surface area contributed by atoms with Gasteiger partial charge in [0, 0.05) is 17.5 Å². The lowest BCUT2D eigenvalue weighted by atomic mass is 10.0. The zero-order valence-electron chi connectivity index (χ0n) is 7.52. The third-order valence-corrected chi connectivity index (χ3v) is 2.91. The minimum atomic E-state index is -1.81. The molecule has 78 valence electrons. The van der Waals surface area contributed by atoms with Crippen molar-refractivity contribution < 1.29 is 8.76 Å². The lowest BCUT2D eigenvalue weighted by molar-refractivity contribution is 0.556. The Morgan fingerprint density at radius 3 is 2.43 bits per heavy atom. The van der Waals surface area contributed by atoms with Crippen LogP contribution in [0, 0.1) is 0 Å². The molecule has 2 unspecified atom stereocenters. The molecule has 0 heterocycles. The fourth-order valence-corrected chi connectivity index (χ4v) is 2.01. The average Bonchev–Trinajstić information content (AvgIpc) is 2.15. The average molecular weight is 234 g/mol. The molecule has 0 fully saturated rings. The summed E-state index contributed by atoms with van der Waals surface area (Å²) in [7, 11) is 0. The molecular formula is C9H12ClNO2S. The van der Waals surface area contributed by atoms with Crippen molar-refractivity contribution in [2.45, 2.75) is 5.92 Å². The lowest BCUT2D eigenvalue weighted by Gasteiger charge is -2.12. The van der Waals surface area contributed by atoms with Crippen molar-refractivity contribution in [1.82, 2.24) is 0 Å². The Kier molecular flexibility index (Phi) is 4.54. The Hall–Kier alpha value is -0.420. The highest BCUT2D eigenvalue weighted by atomic mass is 35.5. The molecule has 2 atom stereocenters. The molecule has 0 bridgehead atoms. The van der Waals surface area contributed by atoms with Crippen molar-refractivity contribution in [3.05, 3.63) is 34.9 Å². The predicted octanol–water partition coefficient (Wildman–Crippen LogP) is 1.60. The molecule has 0 saturated heterocycles. The van der Waals surface area contributed by atoms with Crippen LogP contribution >= 0.6 is 11.6 Å². The van der Waals surface area contributed by atoms with Crippen molar-refractivity contribution in [1.29, 1.82) is 0 Å². The van der Waals surface area contributed by atoms with Crippen molar-refractivity contribution in [2.75, 3.05) is 12.3 Å². The first-order valence-corrected chi connectivity index (χ1v) is 5.82. The number of rotatable bonds is 4. The van der Waals surface area contributed by atoms with Gasteiger partial charge in [0.25, 0.3) is 0 Å². The number of hydrogen-bond acceptors (Lipinski definition) is 2. The smallest absolute Gasteiger partial charge is 0.153 e. The van der Waals surface area contributed by atoms with E-state index in [4.69, 9.17) is 21.9 Å². The molecule has 0 aliphatic rings. The molecule has 14 heavy (non-hydrogen) atoms. The standard InChI is InChI=1S/C9H12ClNO2S/c10-9-3-1-7(2-4-9)8(5-11)6-14(12)13/h1-4,8H,5-6,11H2,(H,12,13). The van der Waals surface area contributed by atoms with Gasteiger partial charge < -0.3 is 10.3 Å². The quantitative estimate of drug-likeness (QED) is 0.777. The van der Waals surface area contributed by atoms with Crippen LogP contribution in [-0.2, 0) is 11.1 Å². The fraction of sp³-hybridized carbons (Fsp3) is 0.333. The van der Waals surface area contributed by atoms with E-state index in [0.717, 1.165) is 5.56 Å². The highest BCUT2D eigenvalue weighted by Crippen LogP contribution is 2.18. The molecule has 0 aliphatic heterocycles. The predicted molar refractivity (Wildman–Crippen MR) is 58.9 cm³/mol. The topological polar surface area (TPSA) is 63.3 Å². The van der Waals surface area contributed by atoms with E-state index >= 15 is 0 Å². The van der Waals surface area contributed by atoms with E-state index < -0.39 is 11.1 Å². The molecule has 0 radical (unpaired) electrons. The molecule has 0 spiro atoms. The van der Waals surface area contributed by atoms with E-state index in [0.29, 0.717) is 11.6 Å². The molecule has 1 aromatic carbocycles. The van der Waals surface area contributed by atoms with E-state index in [1.165, 1.54) is 0 Å². The van der Waals surface area contributed by atoms with Gasteiger partial charge in [0.1, 0.15) is 0 Å². The second-order valence-electron chi connectivity index (χ2n) is 2.97. The normalized spacial score (nSPS) is 15.1. The Balaban J connectivity index is 2.78. The summed E-state index contributed by atoms with van der Waals surface area (Å²) in [6.07, 6.45) is 0. The van der Waals surface area contributed by atoms with Gasteiger partial charge in [-0.1, -0.05) is 23.7 Å². The highest BCUT2D eigenvalue weighted by Gasteiger charge is 2.12. The first kappa shape index (κ1) is 11.7. The van der Waals surface area contributed by atoms with Crippen molar-refractivity contribution in [2.24, 2.45) is 5.73 Å². The zero-order chi connectivity index (χ0) is 10.6. The van der Waals surface area contributed by atoms with Gasteiger partial charge in [-0.15, -0.1) is 0 Å². The van der Waals surface area contributed by atoms with Crippen LogP contribution < -0.4 is 5.73 Å². The second kappa shape index (κ2) is 5.46. The fourth-order valence-electron chi connectivity index (χ4n) is 1.21. The molecule has 0 aromatic heterocycles. The Morgan fingerprint density at radius 1 is 1.43 bits per heavy atom. The van der Waals surface area contributed by atoms with Gasteiger partial charge in [-0.2, -0.15) is 0 Å². The van der Waals surface area contributed by atoms with E-state index in [-0.39, 0.29) is 11.7 Å². The van der Waals surface area contributed by atoms with Gasteiger partial charge in [-0.25, -0.2) is 4.21 Å². The van der Waals surface area contributed by atoms with Gasteiger partial charge in [-0.3, -0.25) is 0 Å². The molecule has 5 heteroatoms. The van der Waals surface area contributed by atoms with Crippen LogP contribution in [0.5, 0.6) is 0 Å². The highest BCUT2D eigenvalue weighted by molar-refractivity contribution is 7.79. The monoisotopic (exact) mass is 233 g/mol. The van der Waals surface area contributed by atoms with E-state index in [1.807, 2.05) is 12.1 Å². The summed E-state index contributed by atoms with van der Waals surface area (Å²) in [5.41, 5.74) is 6.46. The maximum atomic E-state index is 10.6. The minimum absolute atomic E-state index is 0.0851. The summed E-state index contributed by atoms with van der Waals surface area (Å²) >= 11 is 3.91. The van der Waals surface area contributed by atoms with Gasteiger partial charge >= 0.3 is 0 Å². The van der Waals surface area contributed by atoms with Crippen LogP contribution in [0.2, 0.25) is 5.02 Å². The first-order chi connectivity index (χ1) is 6.63. The van der Waals surface area contributed by atoms with Crippen LogP contribution in [-0.4, -0.2) is 21.1 Å². The summed E-state index contributed by atoms with van der Waals surface area (Å²) in [4.78, 5) is 0. The van der Waals surface area contributed by atoms with Gasteiger partial charge in [-0.05, 0) is 17.7 Å². The lowest BCUT2D eigenvalue weighted by Crippen LogP contribution is -2.18. The molecule has 3 nitrogen and oxygen atoms in total. The largest absolute Gasteiger partial charge is 0.330 e. The first-order valence-electron chi connectivity index (χ1n) is 4.16. The molecule has 0 saturated carbocycles. The van der Waals surface area contributed by atoms with Crippen molar-refractivity contribution in [3.8, 4) is 0 Å².